The van der Waals surface area contributed by atoms with Gasteiger partial charge in [-0.05, 0) is 41.6 Å². The Morgan fingerprint density at radius 3 is 2.46 bits per heavy atom. The van der Waals surface area contributed by atoms with Gasteiger partial charge in [-0.1, -0.05) is 37.2 Å². The van der Waals surface area contributed by atoms with Crippen LogP contribution in [-0.4, -0.2) is 46.9 Å². The lowest BCUT2D eigenvalue weighted by Gasteiger charge is -2.37. The number of nitrogens with zero attached hydrogens (tertiary/aromatic N) is 5. The van der Waals surface area contributed by atoms with Crippen molar-refractivity contribution in [3.63, 3.8) is 0 Å². The predicted octanol–water partition coefficient (Wildman–Crippen LogP) is 5.04. The Labute approximate surface area is 210 Å². The highest BCUT2D eigenvalue weighted by atomic mass is 35.5. The average Bonchev–Trinajstić information content (AvgIpc) is 2.88. The summed E-state index contributed by atoms with van der Waals surface area (Å²) in [6, 6.07) is 13.7. The molecule has 0 amide bonds. The summed E-state index contributed by atoms with van der Waals surface area (Å²) in [7, 11) is 0. The van der Waals surface area contributed by atoms with Gasteiger partial charge in [-0.3, -0.25) is 9.78 Å². The second-order valence-electron chi connectivity index (χ2n) is 8.38. The number of ketones is 1. The van der Waals surface area contributed by atoms with E-state index in [2.05, 4.69) is 30.8 Å². The van der Waals surface area contributed by atoms with Gasteiger partial charge in [-0.15, -0.1) is 0 Å². The molecule has 8 heteroatoms. The van der Waals surface area contributed by atoms with Gasteiger partial charge in [-0.25, -0.2) is 9.97 Å². The monoisotopic (exact) mass is 488 g/mol. The number of carbonyl (C=O) groups excluding carboxylic acids is 1. The van der Waals surface area contributed by atoms with Crippen LogP contribution >= 0.6 is 11.6 Å². The summed E-state index contributed by atoms with van der Waals surface area (Å²) in [6.07, 6.45) is 7.92. The van der Waals surface area contributed by atoms with Crippen molar-refractivity contribution >= 4 is 45.5 Å². The van der Waals surface area contributed by atoms with Crippen molar-refractivity contribution in [2.75, 3.05) is 41.7 Å². The number of aryl methyl sites for hydroxylation is 1. The van der Waals surface area contributed by atoms with Crippen molar-refractivity contribution in [1.29, 1.82) is 0 Å². The standard InChI is InChI=1S/C26H25ClN6O.CH4/c27-20-16-23(24(34)4-2-18-1-3-22-19(15-18)5-10-30-25(22)28)26(31-17-20)33-13-11-32(12-14-33)21-6-8-29-9-7-21;/h1,3,5-10,15-17H,2,4,11-14H2,(H2,28,30);1H4. The number of nitrogen functional groups attached to an aromatic ring is 1. The number of fused-ring (bicyclic) bond motifs is 1. The van der Waals surface area contributed by atoms with Crippen molar-refractivity contribution in [1.82, 2.24) is 15.0 Å². The Morgan fingerprint density at radius 2 is 1.69 bits per heavy atom. The average molecular weight is 489 g/mol. The van der Waals surface area contributed by atoms with Gasteiger partial charge in [0.05, 0.1) is 10.6 Å². The van der Waals surface area contributed by atoms with Crippen LogP contribution in [-0.2, 0) is 6.42 Å². The molecule has 0 bridgehead atoms. The molecule has 1 fully saturated rings. The molecule has 1 saturated heterocycles. The first kappa shape index (κ1) is 24.4. The number of halogens is 1. The molecule has 0 unspecified atom stereocenters. The highest BCUT2D eigenvalue weighted by Crippen LogP contribution is 2.26. The molecule has 1 aliphatic rings. The fourth-order valence-electron chi connectivity index (χ4n) is 4.42. The number of piperazine rings is 1. The molecule has 0 spiro atoms. The topological polar surface area (TPSA) is 88.2 Å². The van der Waals surface area contributed by atoms with Gasteiger partial charge < -0.3 is 15.5 Å². The lowest BCUT2D eigenvalue weighted by molar-refractivity contribution is 0.0983. The molecule has 35 heavy (non-hydrogen) atoms. The van der Waals surface area contributed by atoms with Crippen LogP contribution in [0.1, 0.15) is 29.8 Å². The molecule has 180 valence electrons. The molecule has 0 saturated carbocycles. The normalized spacial score (nSPS) is 13.5. The predicted molar refractivity (Wildman–Crippen MR) is 143 cm³/mol. The van der Waals surface area contributed by atoms with Gasteiger partial charge in [0.2, 0.25) is 0 Å². The summed E-state index contributed by atoms with van der Waals surface area (Å²) in [5, 5.41) is 2.41. The molecule has 0 atom stereocenters. The number of anilines is 3. The first-order valence-electron chi connectivity index (χ1n) is 11.3. The summed E-state index contributed by atoms with van der Waals surface area (Å²) in [5.41, 5.74) is 8.77. The summed E-state index contributed by atoms with van der Waals surface area (Å²) in [4.78, 5) is 30.5. The zero-order valence-corrected chi connectivity index (χ0v) is 19.4. The molecule has 4 aromatic rings. The summed E-state index contributed by atoms with van der Waals surface area (Å²) in [6.45, 7) is 3.24. The maximum absolute atomic E-state index is 13.3. The lowest BCUT2D eigenvalue weighted by atomic mass is 10.0. The van der Waals surface area contributed by atoms with Crippen LogP contribution in [0, 0.1) is 0 Å². The Bertz CT molecular complexity index is 1320. The van der Waals surface area contributed by atoms with Crippen molar-refractivity contribution in [2.45, 2.75) is 20.3 Å². The van der Waals surface area contributed by atoms with Gasteiger partial charge in [0, 0.05) is 68.5 Å². The number of aromatic nitrogens is 3. The number of rotatable bonds is 6. The van der Waals surface area contributed by atoms with E-state index in [1.165, 1.54) is 0 Å². The molecule has 0 radical (unpaired) electrons. The van der Waals surface area contributed by atoms with Crippen LogP contribution in [0.5, 0.6) is 0 Å². The Morgan fingerprint density at radius 1 is 0.943 bits per heavy atom. The fourth-order valence-corrected chi connectivity index (χ4v) is 4.58. The van der Waals surface area contributed by atoms with E-state index in [-0.39, 0.29) is 13.2 Å². The van der Waals surface area contributed by atoms with Crippen molar-refractivity contribution in [2.24, 2.45) is 0 Å². The van der Waals surface area contributed by atoms with Gasteiger partial charge in [-0.2, -0.15) is 0 Å². The molecule has 0 aliphatic carbocycles. The Kier molecular flexibility index (Phi) is 7.46. The minimum atomic E-state index is 0. The van der Waals surface area contributed by atoms with E-state index in [9.17, 15) is 4.79 Å². The van der Waals surface area contributed by atoms with E-state index in [4.69, 9.17) is 17.3 Å². The second kappa shape index (κ2) is 10.7. The third-order valence-corrected chi connectivity index (χ3v) is 6.45. The number of benzene rings is 1. The molecule has 5 rings (SSSR count). The van der Waals surface area contributed by atoms with E-state index >= 15 is 0 Å². The Balaban J connectivity index is 0.00000289. The van der Waals surface area contributed by atoms with Crippen LogP contribution in [0.4, 0.5) is 17.3 Å². The summed E-state index contributed by atoms with van der Waals surface area (Å²) in [5.74, 6) is 1.26. The van der Waals surface area contributed by atoms with Crippen molar-refractivity contribution in [3.8, 4) is 0 Å². The smallest absolute Gasteiger partial charge is 0.166 e. The van der Waals surface area contributed by atoms with Gasteiger partial charge in [0.25, 0.3) is 0 Å². The molecule has 1 aromatic carbocycles. The third kappa shape index (κ3) is 5.35. The van der Waals surface area contributed by atoms with Crippen molar-refractivity contribution in [3.05, 3.63) is 83.4 Å². The highest BCUT2D eigenvalue weighted by molar-refractivity contribution is 6.31. The molecule has 3 aromatic heterocycles. The van der Waals surface area contributed by atoms with E-state index in [0.717, 1.165) is 48.2 Å². The first-order chi connectivity index (χ1) is 16.6. The maximum atomic E-state index is 13.3. The quantitative estimate of drug-likeness (QED) is 0.380. The van der Waals surface area contributed by atoms with Gasteiger partial charge >= 0.3 is 0 Å². The molecule has 1 aliphatic heterocycles. The molecular weight excluding hydrogens is 460 g/mol. The fraction of sp³-hybridized carbons (Fsp3) is 0.259. The molecule has 7 nitrogen and oxygen atoms in total. The van der Waals surface area contributed by atoms with Gasteiger partial charge in [0.15, 0.2) is 5.78 Å². The minimum Gasteiger partial charge on any atom is -0.383 e. The van der Waals surface area contributed by atoms with Crippen LogP contribution in [0.2, 0.25) is 5.02 Å². The van der Waals surface area contributed by atoms with Gasteiger partial charge in [0.1, 0.15) is 11.6 Å². The number of nitrogens with two attached hydrogens (primary N) is 1. The Hall–Kier alpha value is -3.71. The largest absolute Gasteiger partial charge is 0.383 e. The SMILES string of the molecule is C.Nc1nccc2cc(CCC(=O)c3cc(Cl)cnc3N3CCN(c4ccncc4)CC3)ccc12. The number of hydrogen-bond donors (Lipinski definition) is 1. The summed E-state index contributed by atoms with van der Waals surface area (Å²) < 4.78 is 0. The maximum Gasteiger partial charge on any atom is 0.166 e. The minimum absolute atomic E-state index is 0. The number of pyridine rings is 3. The van der Waals surface area contributed by atoms with Crippen LogP contribution in [0.25, 0.3) is 10.8 Å². The third-order valence-electron chi connectivity index (χ3n) is 6.24. The van der Waals surface area contributed by atoms with E-state index in [0.29, 0.717) is 35.1 Å². The van der Waals surface area contributed by atoms with Crippen molar-refractivity contribution < 1.29 is 4.79 Å². The summed E-state index contributed by atoms with van der Waals surface area (Å²) >= 11 is 6.24. The second-order valence-corrected chi connectivity index (χ2v) is 8.82. The zero-order valence-electron chi connectivity index (χ0n) is 18.7. The van der Waals surface area contributed by atoms with Crippen LogP contribution in [0.15, 0.2) is 67.3 Å². The molecule has 2 N–H and O–H groups in total. The number of carbonyl (C=O) groups is 1. The number of Topliss-reactive ketones (excluding diaryl/α,β-unsaturated/α-hetero) is 1. The van der Waals surface area contributed by atoms with E-state index in [1.54, 1.807) is 30.9 Å². The lowest BCUT2D eigenvalue weighted by Crippen LogP contribution is -2.47. The highest BCUT2D eigenvalue weighted by Gasteiger charge is 2.23. The number of hydrogen-bond acceptors (Lipinski definition) is 7. The van der Waals surface area contributed by atoms with Crippen LogP contribution in [0.3, 0.4) is 0 Å². The van der Waals surface area contributed by atoms with E-state index in [1.807, 2.05) is 30.3 Å². The zero-order chi connectivity index (χ0) is 23.5. The first-order valence-corrected chi connectivity index (χ1v) is 11.7. The molecule has 4 heterocycles. The van der Waals surface area contributed by atoms with Crippen LogP contribution < -0.4 is 15.5 Å². The van der Waals surface area contributed by atoms with E-state index < -0.39 is 0 Å². The molecular formula is C27H29ClN6O.